The number of benzene rings is 1. The molecule has 0 saturated heterocycles. The SMILES string of the molecule is CCOC1CC(N)(C(=O)NCc2ccc(C(C)O)cc2)C1(C)C. The summed E-state index contributed by atoms with van der Waals surface area (Å²) in [6, 6.07) is 7.53. The molecular weight excluding hydrogens is 292 g/mol. The molecule has 5 nitrogen and oxygen atoms in total. The molecule has 1 aromatic rings. The maximum absolute atomic E-state index is 12.5. The molecule has 0 heterocycles. The molecule has 1 fully saturated rings. The number of hydrogen-bond acceptors (Lipinski definition) is 4. The Kier molecular flexibility index (Phi) is 5.14. The Morgan fingerprint density at radius 1 is 1.43 bits per heavy atom. The Bertz CT molecular complexity index is 554. The molecule has 0 spiro atoms. The Hall–Kier alpha value is -1.43. The molecule has 1 amide bonds. The fourth-order valence-corrected chi connectivity index (χ4v) is 3.07. The summed E-state index contributed by atoms with van der Waals surface area (Å²) in [4.78, 5) is 12.5. The molecule has 1 aliphatic carbocycles. The van der Waals surface area contributed by atoms with E-state index >= 15 is 0 Å². The van der Waals surface area contributed by atoms with E-state index in [0.29, 0.717) is 19.6 Å². The van der Waals surface area contributed by atoms with Crippen molar-refractivity contribution in [1.82, 2.24) is 5.32 Å². The van der Waals surface area contributed by atoms with Crippen molar-refractivity contribution in [2.45, 2.75) is 58.4 Å². The standard InChI is InChI=1S/C18H28N2O3/c1-5-23-15-10-18(19,17(15,3)4)16(22)20-11-13-6-8-14(9-7-13)12(2)21/h6-9,12,15,21H,5,10-11,19H2,1-4H3,(H,20,22). The maximum Gasteiger partial charge on any atom is 0.241 e. The molecule has 5 heteroatoms. The van der Waals surface area contributed by atoms with Crippen molar-refractivity contribution in [2.24, 2.45) is 11.1 Å². The van der Waals surface area contributed by atoms with Crippen LogP contribution in [0.3, 0.4) is 0 Å². The second kappa shape index (κ2) is 6.59. The Labute approximate surface area is 138 Å². The molecule has 1 saturated carbocycles. The zero-order valence-corrected chi connectivity index (χ0v) is 14.4. The molecular formula is C18H28N2O3. The van der Waals surface area contributed by atoms with Gasteiger partial charge in [-0.2, -0.15) is 0 Å². The second-order valence-corrected chi connectivity index (χ2v) is 6.94. The first-order chi connectivity index (χ1) is 10.7. The van der Waals surface area contributed by atoms with Gasteiger partial charge in [-0.3, -0.25) is 4.79 Å². The van der Waals surface area contributed by atoms with Crippen LogP contribution >= 0.6 is 0 Å². The van der Waals surface area contributed by atoms with E-state index in [1.54, 1.807) is 6.92 Å². The lowest BCUT2D eigenvalue weighted by molar-refractivity contribution is -0.170. The van der Waals surface area contributed by atoms with E-state index in [0.717, 1.165) is 11.1 Å². The normalized spacial score (nSPS) is 27.1. The van der Waals surface area contributed by atoms with Crippen LogP contribution in [0.1, 0.15) is 51.3 Å². The highest BCUT2D eigenvalue weighted by molar-refractivity contribution is 5.88. The highest BCUT2D eigenvalue weighted by atomic mass is 16.5. The molecule has 3 atom stereocenters. The molecule has 4 N–H and O–H groups in total. The van der Waals surface area contributed by atoms with Crippen LogP contribution in [0.4, 0.5) is 0 Å². The summed E-state index contributed by atoms with van der Waals surface area (Å²) < 4.78 is 5.65. The smallest absolute Gasteiger partial charge is 0.241 e. The molecule has 1 aliphatic rings. The number of aliphatic hydroxyl groups excluding tert-OH is 1. The quantitative estimate of drug-likeness (QED) is 0.747. The minimum atomic E-state index is -0.896. The number of nitrogens with one attached hydrogen (secondary N) is 1. The van der Waals surface area contributed by atoms with Crippen molar-refractivity contribution in [3.05, 3.63) is 35.4 Å². The first-order valence-electron chi connectivity index (χ1n) is 8.18. The zero-order valence-electron chi connectivity index (χ0n) is 14.4. The first kappa shape index (κ1) is 17.9. The third-order valence-electron chi connectivity index (χ3n) is 5.15. The monoisotopic (exact) mass is 320 g/mol. The van der Waals surface area contributed by atoms with Crippen LogP contribution in [0.5, 0.6) is 0 Å². The van der Waals surface area contributed by atoms with Gasteiger partial charge in [0.1, 0.15) is 5.54 Å². The largest absolute Gasteiger partial charge is 0.389 e. The predicted molar refractivity (Wildman–Crippen MR) is 89.7 cm³/mol. The van der Waals surface area contributed by atoms with Crippen molar-refractivity contribution in [2.75, 3.05) is 6.61 Å². The van der Waals surface area contributed by atoms with Crippen molar-refractivity contribution in [3.63, 3.8) is 0 Å². The maximum atomic E-state index is 12.5. The van der Waals surface area contributed by atoms with Crippen LogP contribution in [-0.2, 0) is 16.1 Å². The van der Waals surface area contributed by atoms with E-state index < -0.39 is 11.6 Å². The van der Waals surface area contributed by atoms with Crippen molar-refractivity contribution in [3.8, 4) is 0 Å². The summed E-state index contributed by atoms with van der Waals surface area (Å²) >= 11 is 0. The summed E-state index contributed by atoms with van der Waals surface area (Å²) in [6.07, 6.45) is 0.0755. The van der Waals surface area contributed by atoms with Gasteiger partial charge in [0.05, 0.1) is 12.2 Å². The van der Waals surface area contributed by atoms with E-state index in [9.17, 15) is 9.90 Å². The molecule has 0 radical (unpaired) electrons. The van der Waals surface area contributed by atoms with Gasteiger partial charge in [-0.1, -0.05) is 38.1 Å². The van der Waals surface area contributed by atoms with Gasteiger partial charge < -0.3 is 20.9 Å². The number of carbonyl (C=O) groups excluding carboxylic acids is 1. The number of hydrogen-bond donors (Lipinski definition) is 3. The molecule has 0 aromatic heterocycles. The Morgan fingerprint density at radius 3 is 2.52 bits per heavy atom. The summed E-state index contributed by atoms with van der Waals surface area (Å²) in [7, 11) is 0. The highest BCUT2D eigenvalue weighted by Crippen LogP contribution is 2.49. The number of aliphatic hydroxyl groups is 1. The number of rotatable bonds is 6. The van der Waals surface area contributed by atoms with Crippen molar-refractivity contribution >= 4 is 5.91 Å². The Morgan fingerprint density at radius 2 is 2.04 bits per heavy atom. The van der Waals surface area contributed by atoms with Gasteiger partial charge in [0, 0.05) is 25.0 Å². The van der Waals surface area contributed by atoms with Crippen molar-refractivity contribution < 1.29 is 14.6 Å². The fourth-order valence-electron chi connectivity index (χ4n) is 3.07. The van der Waals surface area contributed by atoms with Crippen LogP contribution in [0.15, 0.2) is 24.3 Å². The minimum Gasteiger partial charge on any atom is -0.389 e. The number of amides is 1. The second-order valence-electron chi connectivity index (χ2n) is 6.94. The lowest BCUT2D eigenvalue weighted by Crippen LogP contribution is -2.75. The van der Waals surface area contributed by atoms with Gasteiger partial charge in [-0.05, 0) is 25.0 Å². The van der Waals surface area contributed by atoms with Crippen LogP contribution in [-0.4, -0.2) is 29.3 Å². The molecule has 0 aliphatic heterocycles. The van der Waals surface area contributed by atoms with Gasteiger partial charge in [0.25, 0.3) is 0 Å². The number of ether oxygens (including phenoxy) is 1. The average molecular weight is 320 g/mol. The van der Waals surface area contributed by atoms with E-state index in [2.05, 4.69) is 5.32 Å². The highest BCUT2D eigenvalue weighted by Gasteiger charge is 2.62. The van der Waals surface area contributed by atoms with Gasteiger partial charge in [0.2, 0.25) is 5.91 Å². The Balaban J connectivity index is 1.95. The number of carbonyl (C=O) groups is 1. The zero-order chi connectivity index (χ0) is 17.3. The van der Waals surface area contributed by atoms with E-state index in [1.165, 1.54) is 0 Å². The van der Waals surface area contributed by atoms with Gasteiger partial charge >= 0.3 is 0 Å². The van der Waals surface area contributed by atoms with E-state index in [4.69, 9.17) is 10.5 Å². The summed E-state index contributed by atoms with van der Waals surface area (Å²) in [5, 5.41) is 12.4. The number of nitrogens with two attached hydrogens (primary N) is 1. The fraction of sp³-hybridized carbons (Fsp3) is 0.611. The molecule has 2 rings (SSSR count). The van der Waals surface area contributed by atoms with Crippen LogP contribution in [0, 0.1) is 5.41 Å². The van der Waals surface area contributed by atoms with Crippen molar-refractivity contribution in [1.29, 1.82) is 0 Å². The van der Waals surface area contributed by atoms with Crippen LogP contribution < -0.4 is 11.1 Å². The molecule has 3 unspecified atom stereocenters. The third-order valence-corrected chi connectivity index (χ3v) is 5.15. The molecule has 128 valence electrons. The van der Waals surface area contributed by atoms with E-state index in [1.807, 2.05) is 45.0 Å². The molecule has 23 heavy (non-hydrogen) atoms. The van der Waals surface area contributed by atoms with Gasteiger partial charge in [-0.25, -0.2) is 0 Å². The topological polar surface area (TPSA) is 84.6 Å². The summed E-state index contributed by atoms with van der Waals surface area (Å²) in [6.45, 7) is 8.68. The van der Waals surface area contributed by atoms with Gasteiger partial charge in [0.15, 0.2) is 0 Å². The third kappa shape index (κ3) is 3.27. The molecule has 0 bridgehead atoms. The lowest BCUT2D eigenvalue weighted by atomic mass is 9.54. The summed E-state index contributed by atoms with van der Waals surface area (Å²) in [5.41, 5.74) is 6.90. The van der Waals surface area contributed by atoms with Gasteiger partial charge in [-0.15, -0.1) is 0 Å². The van der Waals surface area contributed by atoms with Crippen LogP contribution in [0.2, 0.25) is 0 Å². The minimum absolute atomic E-state index is 0.0218. The lowest BCUT2D eigenvalue weighted by Gasteiger charge is -2.57. The molecule has 1 aromatic carbocycles. The first-order valence-corrected chi connectivity index (χ1v) is 8.18. The summed E-state index contributed by atoms with van der Waals surface area (Å²) in [5.74, 6) is -0.141. The van der Waals surface area contributed by atoms with Crippen LogP contribution in [0.25, 0.3) is 0 Å². The van der Waals surface area contributed by atoms with E-state index in [-0.39, 0.29) is 17.4 Å². The average Bonchev–Trinajstić information content (AvgIpc) is 2.52. The predicted octanol–water partition coefficient (Wildman–Crippen LogP) is 1.89.